The Kier molecular flexibility index (Phi) is 4.84. The molecule has 0 saturated heterocycles. The van der Waals surface area contributed by atoms with Crippen LogP contribution in [-0.4, -0.2) is 14.7 Å². The highest BCUT2D eigenvalue weighted by Crippen LogP contribution is 2.34. The maximum absolute atomic E-state index is 14.4. The van der Waals surface area contributed by atoms with Gasteiger partial charge in [0.25, 0.3) is 5.56 Å². The summed E-state index contributed by atoms with van der Waals surface area (Å²) in [6.07, 6.45) is 0. The van der Waals surface area contributed by atoms with Crippen LogP contribution in [0.4, 0.5) is 4.39 Å². The lowest BCUT2D eigenvalue weighted by molar-refractivity contribution is 0.480. The second-order valence-corrected chi connectivity index (χ2v) is 7.49. The molecule has 0 radical (unpaired) electrons. The molecule has 29 heavy (non-hydrogen) atoms. The molecule has 0 amide bonds. The van der Waals surface area contributed by atoms with Gasteiger partial charge in [-0.05, 0) is 35.7 Å². The molecule has 0 aliphatic rings. The highest BCUT2D eigenvalue weighted by Gasteiger charge is 2.19. The molecule has 0 unspecified atom stereocenters. The van der Waals surface area contributed by atoms with Crippen LogP contribution in [0.5, 0.6) is 5.75 Å². The van der Waals surface area contributed by atoms with Gasteiger partial charge in [0.2, 0.25) is 0 Å². The van der Waals surface area contributed by atoms with Gasteiger partial charge < -0.3 is 5.11 Å². The zero-order valence-corrected chi connectivity index (χ0v) is 16.6. The number of hydrogen-bond donors (Lipinski definition) is 1. The molecule has 0 atom stereocenters. The van der Waals surface area contributed by atoms with E-state index < -0.39 is 11.4 Å². The van der Waals surface area contributed by atoms with Gasteiger partial charge in [0.1, 0.15) is 11.6 Å². The third-order valence-electron chi connectivity index (χ3n) is 4.85. The predicted octanol–water partition coefficient (Wildman–Crippen LogP) is 5.67. The van der Waals surface area contributed by atoms with E-state index in [9.17, 15) is 14.3 Å². The molecule has 4 nitrogen and oxygen atoms in total. The molecule has 0 fully saturated rings. The van der Waals surface area contributed by atoms with Crippen LogP contribution >= 0.6 is 11.6 Å². The summed E-state index contributed by atoms with van der Waals surface area (Å²) in [6, 6.07) is 16.3. The fraction of sp³-hybridized carbons (Fsp3) is 0.130. The van der Waals surface area contributed by atoms with Crippen molar-refractivity contribution in [3.8, 4) is 22.7 Å². The number of benzene rings is 2. The van der Waals surface area contributed by atoms with Crippen molar-refractivity contribution < 1.29 is 9.50 Å². The second kappa shape index (κ2) is 7.33. The first-order valence-corrected chi connectivity index (χ1v) is 9.55. The number of pyridine rings is 2. The highest BCUT2D eigenvalue weighted by atomic mass is 35.5. The van der Waals surface area contributed by atoms with Crippen molar-refractivity contribution in [2.75, 3.05) is 0 Å². The second-order valence-electron chi connectivity index (χ2n) is 7.09. The van der Waals surface area contributed by atoms with Gasteiger partial charge in [0, 0.05) is 11.6 Å². The van der Waals surface area contributed by atoms with Crippen molar-refractivity contribution in [2.45, 2.75) is 19.8 Å². The van der Waals surface area contributed by atoms with E-state index in [4.69, 9.17) is 11.6 Å². The Hall–Kier alpha value is -3.18. The lowest BCUT2D eigenvalue weighted by Crippen LogP contribution is -2.20. The minimum absolute atomic E-state index is 0.153. The SMILES string of the molecule is CC(C)c1ccccc1-n1c(=O)cc(O)c2cc(Cl)c(-c3ccccc3F)nc21. The Labute approximate surface area is 171 Å². The maximum atomic E-state index is 14.4. The average Bonchev–Trinajstić information content (AvgIpc) is 2.69. The van der Waals surface area contributed by atoms with Gasteiger partial charge in [-0.25, -0.2) is 9.37 Å². The molecule has 0 bridgehead atoms. The summed E-state index contributed by atoms with van der Waals surface area (Å²) < 4.78 is 15.8. The molecule has 2 aromatic heterocycles. The Morgan fingerprint density at radius 3 is 2.48 bits per heavy atom. The fourth-order valence-corrected chi connectivity index (χ4v) is 3.71. The molecular formula is C23H18ClFN2O2. The molecule has 2 heterocycles. The number of hydrogen-bond acceptors (Lipinski definition) is 3. The largest absolute Gasteiger partial charge is 0.507 e. The molecule has 4 aromatic rings. The van der Waals surface area contributed by atoms with Crippen LogP contribution in [0.1, 0.15) is 25.3 Å². The van der Waals surface area contributed by atoms with Crippen LogP contribution in [-0.2, 0) is 0 Å². The monoisotopic (exact) mass is 408 g/mol. The summed E-state index contributed by atoms with van der Waals surface area (Å²) in [7, 11) is 0. The summed E-state index contributed by atoms with van der Waals surface area (Å²) >= 11 is 6.37. The molecule has 146 valence electrons. The average molecular weight is 409 g/mol. The number of para-hydroxylation sites is 1. The third-order valence-corrected chi connectivity index (χ3v) is 5.14. The first-order valence-electron chi connectivity index (χ1n) is 9.18. The van der Waals surface area contributed by atoms with Crippen LogP contribution in [0.2, 0.25) is 5.02 Å². The summed E-state index contributed by atoms with van der Waals surface area (Å²) in [6.45, 7) is 4.06. The number of nitrogens with zero attached hydrogens (tertiary/aromatic N) is 2. The van der Waals surface area contributed by atoms with Crippen LogP contribution in [0, 0.1) is 5.82 Å². The van der Waals surface area contributed by atoms with Crippen molar-refractivity contribution in [1.29, 1.82) is 0 Å². The molecule has 0 aliphatic carbocycles. The van der Waals surface area contributed by atoms with Gasteiger partial charge >= 0.3 is 0 Å². The van der Waals surface area contributed by atoms with Crippen LogP contribution in [0.25, 0.3) is 28.0 Å². The lowest BCUT2D eigenvalue weighted by Gasteiger charge is -2.17. The standard InChI is InChI=1S/C23H18ClFN2O2/c1-13(2)14-7-4-6-10-19(14)27-21(29)12-20(28)16-11-17(24)22(26-23(16)27)15-8-3-5-9-18(15)25/h3-13,28H,1-2H3. The van der Waals surface area contributed by atoms with Crippen molar-refractivity contribution in [1.82, 2.24) is 9.55 Å². The van der Waals surface area contributed by atoms with Gasteiger partial charge in [0.05, 0.1) is 21.8 Å². The number of fused-ring (bicyclic) bond motifs is 1. The Morgan fingerprint density at radius 1 is 1.07 bits per heavy atom. The zero-order chi connectivity index (χ0) is 20.7. The number of rotatable bonds is 3. The summed E-state index contributed by atoms with van der Waals surface area (Å²) in [5.41, 5.74) is 1.82. The van der Waals surface area contributed by atoms with Gasteiger partial charge in [-0.1, -0.05) is 55.8 Å². The van der Waals surface area contributed by atoms with Gasteiger partial charge in [-0.3, -0.25) is 9.36 Å². The van der Waals surface area contributed by atoms with Crippen LogP contribution in [0.15, 0.2) is 65.5 Å². The van der Waals surface area contributed by atoms with E-state index in [0.29, 0.717) is 11.1 Å². The van der Waals surface area contributed by atoms with E-state index in [1.54, 1.807) is 18.2 Å². The molecule has 1 N–H and O–H groups in total. The molecular weight excluding hydrogens is 391 g/mol. The highest BCUT2D eigenvalue weighted by molar-refractivity contribution is 6.33. The van der Waals surface area contributed by atoms with Crippen LogP contribution in [0.3, 0.4) is 0 Å². The number of aromatic hydroxyl groups is 1. The van der Waals surface area contributed by atoms with Gasteiger partial charge in [-0.2, -0.15) is 0 Å². The van der Waals surface area contributed by atoms with Crippen molar-refractivity contribution in [3.05, 3.63) is 87.4 Å². The third kappa shape index (κ3) is 3.28. The van der Waals surface area contributed by atoms with E-state index in [1.165, 1.54) is 16.7 Å². The fourth-order valence-electron chi connectivity index (χ4n) is 3.46. The van der Waals surface area contributed by atoms with E-state index in [1.807, 2.05) is 38.1 Å². The number of halogens is 2. The first kappa shape index (κ1) is 19.2. The molecule has 0 spiro atoms. The van der Waals surface area contributed by atoms with E-state index in [-0.39, 0.29) is 33.6 Å². The quantitative estimate of drug-likeness (QED) is 0.475. The summed E-state index contributed by atoms with van der Waals surface area (Å²) in [4.78, 5) is 17.4. The molecule has 0 aliphatic heterocycles. The minimum atomic E-state index is -0.474. The van der Waals surface area contributed by atoms with E-state index >= 15 is 0 Å². The predicted molar refractivity (Wildman–Crippen MR) is 113 cm³/mol. The Morgan fingerprint density at radius 2 is 1.76 bits per heavy atom. The van der Waals surface area contributed by atoms with Crippen molar-refractivity contribution in [2.24, 2.45) is 0 Å². The lowest BCUT2D eigenvalue weighted by atomic mass is 10.0. The maximum Gasteiger partial charge on any atom is 0.260 e. The van der Waals surface area contributed by atoms with Crippen molar-refractivity contribution >= 4 is 22.6 Å². The minimum Gasteiger partial charge on any atom is -0.507 e. The molecule has 4 rings (SSSR count). The molecule has 2 aromatic carbocycles. The smallest absolute Gasteiger partial charge is 0.260 e. The zero-order valence-electron chi connectivity index (χ0n) is 15.9. The van der Waals surface area contributed by atoms with E-state index in [0.717, 1.165) is 11.6 Å². The first-order chi connectivity index (χ1) is 13.9. The molecule has 0 saturated carbocycles. The Bertz CT molecular complexity index is 1300. The summed E-state index contributed by atoms with van der Waals surface area (Å²) in [5.74, 6) is -0.545. The van der Waals surface area contributed by atoms with Gasteiger partial charge in [-0.15, -0.1) is 0 Å². The number of aromatic nitrogens is 2. The summed E-state index contributed by atoms with van der Waals surface area (Å²) in [5, 5.41) is 10.9. The van der Waals surface area contributed by atoms with Gasteiger partial charge in [0.15, 0.2) is 5.65 Å². The van der Waals surface area contributed by atoms with E-state index in [2.05, 4.69) is 4.98 Å². The molecule has 6 heteroatoms. The topological polar surface area (TPSA) is 55.1 Å². The van der Waals surface area contributed by atoms with Crippen LogP contribution < -0.4 is 5.56 Å². The Balaban J connectivity index is 2.13. The normalized spacial score (nSPS) is 11.3. The van der Waals surface area contributed by atoms with Crippen molar-refractivity contribution in [3.63, 3.8) is 0 Å².